The Labute approximate surface area is 198 Å². The number of thiazole rings is 1. The smallest absolute Gasteiger partial charge is 0.305 e. The summed E-state index contributed by atoms with van der Waals surface area (Å²) in [4.78, 5) is 37.5. The predicted octanol–water partition coefficient (Wildman–Crippen LogP) is 4.75. The summed E-state index contributed by atoms with van der Waals surface area (Å²) < 4.78 is 1.20. The number of aromatic nitrogens is 1. The summed E-state index contributed by atoms with van der Waals surface area (Å²) >= 11 is 1.73. The van der Waals surface area contributed by atoms with Crippen LogP contribution >= 0.6 is 11.3 Å². The molecule has 0 radical (unpaired) electrons. The van der Waals surface area contributed by atoms with Gasteiger partial charge in [-0.3, -0.25) is 14.6 Å². The molecule has 1 aromatic heterocycles. The third-order valence-electron chi connectivity index (χ3n) is 6.73. The molecule has 172 valence electrons. The first kappa shape index (κ1) is 22.0. The van der Waals surface area contributed by atoms with Crippen molar-refractivity contribution in [1.29, 1.82) is 0 Å². The van der Waals surface area contributed by atoms with E-state index in [0.717, 1.165) is 35.7 Å². The fraction of sp³-hybridized carbons (Fsp3) is 0.423. The lowest BCUT2D eigenvalue weighted by Crippen LogP contribution is -2.56. The van der Waals surface area contributed by atoms with Crippen molar-refractivity contribution < 1.29 is 9.59 Å². The second kappa shape index (κ2) is 8.88. The molecule has 0 saturated carbocycles. The van der Waals surface area contributed by atoms with Crippen LogP contribution in [0.4, 0.5) is 4.79 Å². The first-order valence-electron chi connectivity index (χ1n) is 11.7. The zero-order valence-electron chi connectivity index (χ0n) is 19.2. The number of benzene rings is 2. The topological polar surface area (TPSA) is 56.8 Å². The van der Waals surface area contributed by atoms with Crippen LogP contribution in [0.2, 0.25) is 0 Å². The van der Waals surface area contributed by atoms with Gasteiger partial charge in [-0.25, -0.2) is 9.78 Å². The lowest BCUT2D eigenvalue weighted by Gasteiger charge is -2.42. The van der Waals surface area contributed by atoms with E-state index >= 15 is 0 Å². The summed E-state index contributed by atoms with van der Waals surface area (Å²) in [5.41, 5.74) is 1.36. The molecule has 2 aliphatic rings. The normalized spacial score (nSPS) is 18.9. The van der Waals surface area contributed by atoms with E-state index in [9.17, 15) is 9.59 Å². The number of carbonyl (C=O) groups excluding carboxylic acids is 2. The highest BCUT2D eigenvalue weighted by Gasteiger charge is 2.57. The van der Waals surface area contributed by atoms with Crippen LogP contribution < -0.4 is 0 Å². The Morgan fingerprint density at radius 1 is 0.970 bits per heavy atom. The van der Waals surface area contributed by atoms with Gasteiger partial charge < -0.3 is 4.90 Å². The van der Waals surface area contributed by atoms with Gasteiger partial charge >= 0.3 is 6.03 Å². The Kier molecular flexibility index (Phi) is 5.93. The molecule has 2 fully saturated rings. The molecule has 0 N–H and O–H groups in total. The van der Waals surface area contributed by atoms with Gasteiger partial charge in [-0.1, -0.05) is 56.3 Å². The second-order valence-electron chi connectivity index (χ2n) is 9.55. The number of imide groups is 1. The average molecular weight is 463 g/mol. The molecule has 2 aliphatic heterocycles. The van der Waals surface area contributed by atoms with Crippen LogP contribution in [0.15, 0.2) is 54.6 Å². The van der Waals surface area contributed by atoms with Crippen LogP contribution in [0.3, 0.4) is 0 Å². The number of rotatable bonds is 6. The molecule has 0 atom stereocenters. The summed E-state index contributed by atoms with van der Waals surface area (Å²) in [6.45, 7) is 7.37. The Hall–Kier alpha value is -2.77. The molecule has 0 unspecified atom stereocenters. The first-order valence-corrected chi connectivity index (χ1v) is 12.5. The van der Waals surface area contributed by atoms with Crippen LogP contribution in [-0.4, -0.2) is 56.8 Å². The Balaban J connectivity index is 1.35. The molecule has 3 heterocycles. The predicted molar refractivity (Wildman–Crippen MR) is 131 cm³/mol. The molecule has 2 aromatic carbocycles. The highest BCUT2D eigenvalue weighted by atomic mass is 32.1. The summed E-state index contributed by atoms with van der Waals surface area (Å²) in [7, 11) is 0. The summed E-state index contributed by atoms with van der Waals surface area (Å²) in [5.74, 6) is 0.225. The molecule has 5 rings (SSSR count). The van der Waals surface area contributed by atoms with Gasteiger partial charge in [0, 0.05) is 26.2 Å². The monoisotopic (exact) mass is 462 g/mol. The molecule has 3 amide bonds. The number of para-hydroxylation sites is 1. The van der Waals surface area contributed by atoms with Crippen LogP contribution in [-0.2, 0) is 17.9 Å². The van der Waals surface area contributed by atoms with E-state index in [0.29, 0.717) is 25.9 Å². The van der Waals surface area contributed by atoms with Crippen molar-refractivity contribution >= 4 is 33.5 Å². The van der Waals surface area contributed by atoms with Gasteiger partial charge in [0.05, 0.1) is 16.8 Å². The number of nitrogens with zero attached hydrogens (tertiary/aromatic N) is 4. The lowest BCUT2D eigenvalue weighted by molar-refractivity contribution is -0.136. The minimum absolute atomic E-state index is 0.0169. The maximum Gasteiger partial charge on any atom is 0.327 e. The fourth-order valence-corrected chi connectivity index (χ4v) is 6.05. The van der Waals surface area contributed by atoms with Crippen LogP contribution in [0.5, 0.6) is 0 Å². The molecule has 2 saturated heterocycles. The van der Waals surface area contributed by atoms with Crippen molar-refractivity contribution in [2.45, 2.75) is 45.3 Å². The zero-order chi connectivity index (χ0) is 23.0. The minimum Gasteiger partial charge on any atom is -0.305 e. The van der Waals surface area contributed by atoms with Crippen molar-refractivity contribution in [2.24, 2.45) is 5.92 Å². The SMILES string of the molecule is CC(C)CN1C(=O)N(Cc2ccccc2)C2(CCN(Cc3nc4ccccc4s3)CC2)C1=O. The number of hydrogen-bond acceptors (Lipinski definition) is 5. The van der Waals surface area contributed by atoms with E-state index in [1.165, 1.54) is 9.60 Å². The molecule has 3 aromatic rings. The Morgan fingerprint density at radius 2 is 1.67 bits per heavy atom. The van der Waals surface area contributed by atoms with E-state index in [4.69, 9.17) is 4.98 Å². The average Bonchev–Trinajstić information content (AvgIpc) is 3.30. The lowest BCUT2D eigenvalue weighted by atomic mass is 9.85. The number of carbonyl (C=O) groups is 2. The van der Waals surface area contributed by atoms with Crippen LogP contribution in [0.1, 0.15) is 37.3 Å². The Bertz CT molecular complexity index is 1120. The van der Waals surface area contributed by atoms with E-state index in [1.54, 1.807) is 11.3 Å². The number of piperidine rings is 1. The summed E-state index contributed by atoms with van der Waals surface area (Å²) in [6.07, 6.45) is 1.31. The van der Waals surface area contributed by atoms with Crippen molar-refractivity contribution in [3.05, 3.63) is 65.2 Å². The highest BCUT2D eigenvalue weighted by Crippen LogP contribution is 2.39. The first-order chi connectivity index (χ1) is 16.0. The van der Waals surface area contributed by atoms with Crippen LogP contribution in [0.25, 0.3) is 10.2 Å². The molecule has 0 aliphatic carbocycles. The summed E-state index contributed by atoms with van der Waals surface area (Å²) in [5, 5.41) is 1.10. The quantitative estimate of drug-likeness (QED) is 0.496. The number of fused-ring (bicyclic) bond motifs is 1. The van der Waals surface area contributed by atoms with Crippen molar-refractivity contribution in [1.82, 2.24) is 19.7 Å². The van der Waals surface area contributed by atoms with E-state index in [2.05, 4.69) is 11.0 Å². The number of hydrogen-bond donors (Lipinski definition) is 0. The van der Waals surface area contributed by atoms with Gasteiger partial charge in [-0.2, -0.15) is 0 Å². The maximum atomic E-state index is 13.6. The maximum absolute atomic E-state index is 13.6. The summed E-state index contributed by atoms with van der Waals surface area (Å²) in [6, 6.07) is 18.1. The number of amides is 3. The molecular weight excluding hydrogens is 432 g/mol. The number of urea groups is 1. The van der Waals surface area contributed by atoms with Crippen molar-refractivity contribution in [3.8, 4) is 0 Å². The Morgan fingerprint density at radius 3 is 2.36 bits per heavy atom. The third-order valence-corrected chi connectivity index (χ3v) is 7.75. The third kappa shape index (κ3) is 4.15. The van der Waals surface area contributed by atoms with Gasteiger partial charge in [0.2, 0.25) is 0 Å². The number of likely N-dealkylation sites (tertiary alicyclic amines) is 1. The van der Waals surface area contributed by atoms with E-state index in [1.807, 2.05) is 67.3 Å². The van der Waals surface area contributed by atoms with E-state index in [-0.39, 0.29) is 17.9 Å². The fourth-order valence-electron chi connectivity index (χ4n) is 5.04. The van der Waals surface area contributed by atoms with Gasteiger partial charge in [-0.05, 0) is 36.5 Å². The molecule has 33 heavy (non-hydrogen) atoms. The van der Waals surface area contributed by atoms with E-state index < -0.39 is 5.54 Å². The molecule has 6 nitrogen and oxygen atoms in total. The second-order valence-corrected chi connectivity index (χ2v) is 10.7. The standard InChI is InChI=1S/C26H30N4O2S/c1-19(2)16-29-24(31)26(30(25(29)32)17-20-8-4-3-5-9-20)12-14-28(15-13-26)18-23-27-21-10-6-7-11-22(21)33-23/h3-11,19H,12-18H2,1-2H3. The van der Waals surface area contributed by atoms with Crippen molar-refractivity contribution in [2.75, 3.05) is 19.6 Å². The molecule has 7 heteroatoms. The zero-order valence-corrected chi connectivity index (χ0v) is 20.1. The molecule has 0 bridgehead atoms. The van der Waals surface area contributed by atoms with Gasteiger partial charge in [-0.15, -0.1) is 11.3 Å². The highest BCUT2D eigenvalue weighted by molar-refractivity contribution is 7.18. The van der Waals surface area contributed by atoms with Crippen LogP contribution in [0, 0.1) is 5.92 Å². The minimum atomic E-state index is -0.744. The van der Waals surface area contributed by atoms with Crippen molar-refractivity contribution in [3.63, 3.8) is 0 Å². The molecular formula is C26H30N4O2S. The molecule has 1 spiro atoms. The largest absolute Gasteiger partial charge is 0.327 e. The van der Waals surface area contributed by atoms with Gasteiger partial charge in [0.25, 0.3) is 5.91 Å². The van der Waals surface area contributed by atoms with Gasteiger partial charge in [0.15, 0.2) is 0 Å². The van der Waals surface area contributed by atoms with Gasteiger partial charge in [0.1, 0.15) is 10.5 Å².